The van der Waals surface area contributed by atoms with Crippen molar-refractivity contribution >= 4 is 15.9 Å². The molecule has 1 aromatic rings. The maximum atomic E-state index is 5.71. The van der Waals surface area contributed by atoms with Crippen molar-refractivity contribution in [3.05, 3.63) is 18.0 Å². The Kier molecular flexibility index (Phi) is 3.70. The fraction of sp³-hybridized carbons (Fsp3) is 0.750. The Hall–Kier alpha value is -0.350. The molecule has 0 amide bonds. The van der Waals surface area contributed by atoms with Gasteiger partial charge >= 0.3 is 0 Å². The van der Waals surface area contributed by atoms with Gasteiger partial charge in [-0.2, -0.15) is 5.10 Å². The number of hydrogen-bond donors (Lipinski definition) is 0. The van der Waals surface area contributed by atoms with Crippen molar-refractivity contribution in [1.29, 1.82) is 0 Å². The van der Waals surface area contributed by atoms with E-state index >= 15 is 0 Å². The Labute approximate surface area is 105 Å². The predicted molar refractivity (Wildman–Crippen MR) is 67.9 cm³/mol. The maximum absolute atomic E-state index is 5.71. The highest BCUT2D eigenvalue weighted by atomic mass is 79.9. The van der Waals surface area contributed by atoms with E-state index < -0.39 is 0 Å². The number of ether oxygens (including phenoxy) is 1. The van der Waals surface area contributed by atoms with Crippen LogP contribution in [0.2, 0.25) is 0 Å². The second kappa shape index (κ2) is 4.88. The van der Waals surface area contributed by atoms with Crippen molar-refractivity contribution < 1.29 is 4.74 Å². The molecule has 2 unspecified atom stereocenters. The molecule has 4 heteroatoms. The molecule has 0 aliphatic carbocycles. The first-order chi connectivity index (χ1) is 7.70. The van der Waals surface area contributed by atoms with Gasteiger partial charge in [-0.25, -0.2) is 0 Å². The highest BCUT2D eigenvalue weighted by molar-refractivity contribution is 9.09. The van der Waals surface area contributed by atoms with Gasteiger partial charge in [0.25, 0.3) is 0 Å². The minimum atomic E-state index is 0.252. The van der Waals surface area contributed by atoms with Gasteiger partial charge in [-0.3, -0.25) is 4.68 Å². The lowest BCUT2D eigenvalue weighted by atomic mass is 9.79. The van der Waals surface area contributed by atoms with Crippen LogP contribution in [0, 0.1) is 5.41 Å². The molecule has 2 atom stereocenters. The largest absolute Gasteiger partial charge is 0.378 e. The van der Waals surface area contributed by atoms with E-state index in [0.29, 0.717) is 6.10 Å². The number of nitrogens with zero attached hydrogens (tertiary/aromatic N) is 2. The molecule has 0 N–H and O–H groups in total. The standard InChI is InChI=1S/C12H19BrN2O/c1-3-15-8-11(7-14-15)6-12(9-13)4-5-16-10(12)2/h7-8,10H,3-6,9H2,1-2H3. The number of aromatic nitrogens is 2. The van der Waals surface area contributed by atoms with Gasteiger partial charge in [0.15, 0.2) is 0 Å². The van der Waals surface area contributed by atoms with Crippen LogP contribution in [0.5, 0.6) is 0 Å². The predicted octanol–water partition coefficient (Wildman–Crippen LogP) is 2.64. The summed E-state index contributed by atoms with van der Waals surface area (Å²) >= 11 is 3.65. The third kappa shape index (κ3) is 2.18. The van der Waals surface area contributed by atoms with E-state index in [9.17, 15) is 0 Å². The summed E-state index contributed by atoms with van der Waals surface area (Å²) in [5, 5.41) is 5.33. The first-order valence-corrected chi connectivity index (χ1v) is 7.01. The fourth-order valence-corrected chi connectivity index (χ4v) is 3.29. The summed E-state index contributed by atoms with van der Waals surface area (Å²) in [5.74, 6) is 0. The topological polar surface area (TPSA) is 27.1 Å². The van der Waals surface area contributed by atoms with Crippen molar-refractivity contribution in [2.24, 2.45) is 5.41 Å². The summed E-state index contributed by atoms with van der Waals surface area (Å²) in [6.45, 7) is 6.11. The number of aryl methyl sites for hydroxylation is 1. The molecule has 2 heterocycles. The van der Waals surface area contributed by atoms with Gasteiger partial charge in [-0.1, -0.05) is 15.9 Å². The normalized spacial score (nSPS) is 29.8. The molecular formula is C12H19BrN2O. The molecule has 1 aliphatic heterocycles. The fourth-order valence-electron chi connectivity index (χ4n) is 2.35. The lowest BCUT2D eigenvalue weighted by Crippen LogP contribution is -2.32. The van der Waals surface area contributed by atoms with E-state index in [-0.39, 0.29) is 5.41 Å². The number of rotatable bonds is 4. The molecule has 0 radical (unpaired) electrons. The zero-order valence-corrected chi connectivity index (χ0v) is 11.5. The number of alkyl halides is 1. The Balaban J connectivity index is 2.12. The minimum Gasteiger partial charge on any atom is -0.378 e. The van der Waals surface area contributed by atoms with Crippen LogP contribution in [0.1, 0.15) is 25.8 Å². The van der Waals surface area contributed by atoms with E-state index in [4.69, 9.17) is 4.74 Å². The second-order valence-corrected chi connectivity index (χ2v) is 5.20. The summed E-state index contributed by atoms with van der Waals surface area (Å²) in [6, 6.07) is 0. The van der Waals surface area contributed by atoms with Gasteiger partial charge in [0.2, 0.25) is 0 Å². The summed E-state index contributed by atoms with van der Waals surface area (Å²) < 4.78 is 7.69. The molecular weight excluding hydrogens is 268 g/mol. The van der Waals surface area contributed by atoms with E-state index in [0.717, 1.165) is 31.3 Å². The van der Waals surface area contributed by atoms with Crippen molar-refractivity contribution in [1.82, 2.24) is 9.78 Å². The summed E-state index contributed by atoms with van der Waals surface area (Å²) in [6.07, 6.45) is 6.65. The number of halogens is 1. The zero-order chi connectivity index (χ0) is 11.6. The molecule has 2 rings (SSSR count). The Bertz CT molecular complexity index is 353. The lowest BCUT2D eigenvalue weighted by Gasteiger charge is -2.29. The third-order valence-corrected chi connectivity index (χ3v) is 4.78. The molecule has 0 spiro atoms. The smallest absolute Gasteiger partial charge is 0.0615 e. The molecule has 3 nitrogen and oxygen atoms in total. The van der Waals surface area contributed by atoms with Gasteiger partial charge in [-0.05, 0) is 32.3 Å². The highest BCUT2D eigenvalue weighted by Crippen LogP contribution is 2.39. The van der Waals surface area contributed by atoms with Gasteiger partial charge in [0.1, 0.15) is 0 Å². The van der Waals surface area contributed by atoms with Crippen LogP contribution in [-0.2, 0) is 17.7 Å². The van der Waals surface area contributed by atoms with E-state index in [1.165, 1.54) is 5.56 Å². The molecule has 0 aromatic carbocycles. The summed E-state index contributed by atoms with van der Waals surface area (Å²) in [7, 11) is 0. The SMILES string of the molecule is CCn1cc(CC2(CBr)CCOC2C)cn1. The first-order valence-electron chi connectivity index (χ1n) is 5.89. The Morgan fingerprint density at radius 3 is 3.00 bits per heavy atom. The average molecular weight is 287 g/mol. The van der Waals surface area contributed by atoms with Gasteiger partial charge < -0.3 is 4.74 Å². The van der Waals surface area contributed by atoms with E-state index in [2.05, 4.69) is 41.1 Å². The first kappa shape index (κ1) is 12.1. The molecule has 90 valence electrons. The van der Waals surface area contributed by atoms with Crippen LogP contribution in [0.25, 0.3) is 0 Å². The molecule has 1 aliphatic rings. The average Bonchev–Trinajstić information content (AvgIpc) is 2.88. The second-order valence-electron chi connectivity index (χ2n) is 4.64. The van der Waals surface area contributed by atoms with Crippen molar-refractivity contribution in [3.63, 3.8) is 0 Å². The zero-order valence-electron chi connectivity index (χ0n) is 9.95. The highest BCUT2D eigenvalue weighted by Gasteiger charge is 2.40. The van der Waals surface area contributed by atoms with Crippen LogP contribution in [0.4, 0.5) is 0 Å². The molecule has 16 heavy (non-hydrogen) atoms. The van der Waals surface area contributed by atoms with Crippen molar-refractivity contribution in [2.45, 2.75) is 39.3 Å². The maximum Gasteiger partial charge on any atom is 0.0615 e. The molecule has 1 saturated heterocycles. The lowest BCUT2D eigenvalue weighted by molar-refractivity contribution is 0.0746. The van der Waals surface area contributed by atoms with Gasteiger partial charge in [0.05, 0.1) is 12.3 Å². The van der Waals surface area contributed by atoms with Crippen molar-refractivity contribution in [2.75, 3.05) is 11.9 Å². The molecule has 1 fully saturated rings. The summed E-state index contributed by atoms with van der Waals surface area (Å²) in [5.41, 5.74) is 1.57. The quantitative estimate of drug-likeness (QED) is 0.796. The van der Waals surface area contributed by atoms with E-state index in [1.54, 1.807) is 0 Å². The van der Waals surface area contributed by atoms with Crippen LogP contribution >= 0.6 is 15.9 Å². The molecule has 1 aromatic heterocycles. The van der Waals surface area contributed by atoms with Gasteiger partial charge in [-0.15, -0.1) is 0 Å². The van der Waals surface area contributed by atoms with E-state index in [1.807, 2.05) is 10.9 Å². The Morgan fingerprint density at radius 2 is 2.50 bits per heavy atom. The van der Waals surface area contributed by atoms with Gasteiger partial charge in [0, 0.05) is 30.1 Å². The summed E-state index contributed by atoms with van der Waals surface area (Å²) in [4.78, 5) is 0. The molecule has 0 saturated carbocycles. The van der Waals surface area contributed by atoms with Crippen molar-refractivity contribution in [3.8, 4) is 0 Å². The number of hydrogen-bond acceptors (Lipinski definition) is 2. The van der Waals surface area contributed by atoms with Crippen LogP contribution in [0.3, 0.4) is 0 Å². The minimum absolute atomic E-state index is 0.252. The monoisotopic (exact) mass is 286 g/mol. The van der Waals surface area contributed by atoms with Crippen LogP contribution in [-0.4, -0.2) is 27.8 Å². The Morgan fingerprint density at radius 1 is 1.69 bits per heavy atom. The van der Waals surface area contributed by atoms with Crippen LogP contribution < -0.4 is 0 Å². The third-order valence-electron chi connectivity index (χ3n) is 3.66. The molecule has 0 bridgehead atoms. The van der Waals surface area contributed by atoms with Crippen LogP contribution in [0.15, 0.2) is 12.4 Å².